The predicted molar refractivity (Wildman–Crippen MR) is 92.3 cm³/mol. The number of carbonyl (C=O) groups is 1. The first kappa shape index (κ1) is 15.1. The van der Waals surface area contributed by atoms with Crippen LogP contribution in [0.2, 0.25) is 0 Å². The molecule has 1 atom stereocenters. The van der Waals surface area contributed by atoms with Gasteiger partial charge in [0.1, 0.15) is 12.8 Å². The van der Waals surface area contributed by atoms with Crippen LogP contribution in [0.25, 0.3) is 0 Å². The number of hydrogen-bond donors (Lipinski definition) is 1. The smallest absolute Gasteiger partial charge is 0.140 e. The van der Waals surface area contributed by atoms with Gasteiger partial charge in [0.05, 0.1) is 5.54 Å². The first-order valence-corrected chi connectivity index (χ1v) is 10.2. The number of halogens is 1. The zero-order valence-electron chi connectivity index (χ0n) is 12.4. The van der Waals surface area contributed by atoms with Crippen molar-refractivity contribution >= 4 is 35.0 Å². The van der Waals surface area contributed by atoms with Crippen LogP contribution in [0.15, 0.2) is 30.3 Å². The lowest BCUT2D eigenvalue weighted by Crippen LogP contribution is -2.44. The summed E-state index contributed by atoms with van der Waals surface area (Å²) >= 11 is 7.10. The third-order valence-electron chi connectivity index (χ3n) is 4.53. The molecule has 0 aromatic heterocycles. The van der Waals surface area contributed by atoms with E-state index < -0.39 is 12.1 Å². The Labute approximate surface area is 131 Å². The molecule has 5 heteroatoms. The second-order valence-electron chi connectivity index (χ2n) is 6.07. The number of nitrogens with one attached hydrogen (secondary N) is 1. The van der Waals surface area contributed by atoms with Gasteiger partial charge in [-0.25, -0.2) is 0 Å². The average Bonchev–Trinajstić information content (AvgIpc) is 3.29. The Morgan fingerprint density at radius 3 is 2.38 bits per heavy atom. The van der Waals surface area contributed by atoms with Crippen LogP contribution in [0, 0.1) is 0 Å². The van der Waals surface area contributed by atoms with Gasteiger partial charge in [-0.05, 0) is 43.1 Å². The Kier molecular flexibility index (Phi) is 4.18. The molecule has 1 aromatic rings. The summed E-state index contributed by atoms with van der Waals surface area (Å²) in [6.45, 7) is -2.13. The highest BCUT2D eigenvalue weighted by atomic mass is 35.7. The van der Waals surface area contributed by atoms with E-state index >= 15 is 0 Å². The molecule has 114 valence electrons. The highest BCUT2D eigenvalue weighted by Crippen LogP contribution is 2.61. The van der Waals surface area contributed by atoms with Gasteiger partial charge in [0, 0.05) is 12.7 Å². The number of aldehydes is 1. The van der Waals surface area contributed by atoms with Crippen LogP contribution in [0.3, 0.4) is 0 Å². The summed E-state index contributed by atoms with van der Waals surface area (Å²) in [5, 5.41) is 4.99. The van der Waals surface area contributed by atoms with E-state index in [1.165, 1.54) is 5.29 Å². The maximum Gasteiger partial charge on any atom is 0.140 e. The van der Waals surface area contributed by atoms with Crippen LogP contribution >= 0.6 is 17.8 Å². The molecule has 0 amide bonds. The molecule has 0 saturated heterocycles. The number of para-hydroxylation sites is 1. The van der Waals surface area contributed by atoms with Crippen molar-refractivity contribution in [2.24, 2.45) is 0 Å². The molecule has 0 spiro atoms. The van der Waals surface area contributed by atoms with E-state index in [1.807, 2.05) is 25.2 Å². The van der Waals surface area contributed by atoms with Crippen molar-refractivity contribution < 1.29 is 4.79 Å². The molecule has 0 aliphatic heterocycles. The fraction of sp³-hybridized carbons (Fsp3) is 0.500. The molecule has 2 fully saturated rings. The van der Waals surface area contributed by atoms with E-state index in [0.29, 0.717) is 0 Å². The standard InChI is InChI=1S/C16H22ClN2OP/c1-19(14-7-3-2-4-8-14)21(17,15-9-10-15)18-16(13-20)11-5-6-12-16/h2-4,7-8,13,18H,5-6,9-12H2,1H3. The fourth-order valence-corrected chi connectivity index (χ4v) is 7.11. The molecule has 1 unspecified atom stereocenters. The summed E-state index contributed by atoms with van der Waals surface area (Å²) in [5.74, 6) is 0. The topological polar surface area (TPSA) is 32.3 Å². The Balaban J connectivity index is 1.94. The van der Waals surface area contributed by atoms with Gasteiger partial charge < -0.3 is 9.46 Å². The normalized spacial score (nSPS) is 22.7. The monoisotopic (exact) mass is 324 g/mol. The van der Waals surface area contributed by atoms with Gasteiger partial charge in [0.2, 0.25) is 0 Å². The number of benzene rings is 1. The second kappa shape index (κ2) is 5.79. The number of anilines is 1. The van der Waals surface area contributed by atoms with E-state index in [1.54, 1.807) is 0 Å². The molecule has 2 saturated carbocycles. The lowest BCUT2D eigenvalue weighted by atomic mass is 10.0. The highest BCUT2D eigenvalue weighted by molar-refractivity contribution is 7.98. The van der Waals surface area contributed by atoms with Gasteiger partial charge in [-0.2, -0.15) is 0 Å². The predicted octanol–water partition coefficient (Wildman–Crippen LogP) is 4.19. The van der Waals surface area contributed by atoms with E-state index in [-0.39, 0.29) is 0 Å². The van der Waals surface area contributed by atoms with Crippen molar-refractivity contribution in [3.63, 3.8) is 0 Å². The van der Waals surface area contributed by atoms with Crippen LogP contribution < -0.4 is 9.76 Å². The molecule has 3 rings (SSSR count). The largest absolute Gasteiger partial charge is 0.332 e. The van der Waals surface area contributed by atoms with E-state index in [2.05, 4.69) is 21.9 Å². The molecule has 2 aliphatic rings. The number of hydrogen-bond acceptors (Lipinski definition) is 3. The quantitative estimate of drug-likeness (QED) is 0.651. The van der Waals surface area contributed by atoms with Crippen molar-refractivity contribution in [3.05, 3.63) is 30.3 Å². The minimum absolute atomic E-state index is 0.422. The van der Waals surface area contributed by atoms with Gasteiger partial charge in [-0.3, -0.25) is 5.09 Å². The third-order valence-corrected chi connectivity index (χ3v) is 9.26. The Morgan fingerprint density at radius 1 is 1.24 bits per heavy atom. The summed E-state index contributed by atoms with van der Waals surface area (Å²) in [5.41, 5.74) is 0.681. The third kappa shape index (κ3) is 2.92. The SMILES string of the molecule is CN(c1ccccc1)P(Cl)(NC1(C=O)CCCC1)=C1CC1. The van der Waals surface area contributed by atoms with Crippen LogP contribution in [0.1, 0.15) is 38.5 Å². The van der Waals surface area contributed by atoms with Gasteiger partial charge >= 0.3 is 0 Å². The van der Waals surface area contributed by atoms with Crippen molar-refractivity contribution in [2.75, 3.05) is 11.7 Å². The van der Waals surface area contributed by atoms with Crippen LogP contribution in [-0.2, 0) is 4.79 Å². The molecule has 3 nitrogen and oxygen atoms in total. The molecule has 0 bridgehead atoms. The molecule has 2 aliphatic carbocycles. The molecule has 21 heavy (non-hydrogen) atoms. The zero-order chi connectivity index (χ0) is 14.9. The van der Waals surface area contributed by atoms with Gasteiger partial charge in [0.25, 0.3) is 0 Å². The van der Waals surface area contributed by atoms with Crippen molar-refractivity contribution in [3.8, 4) is 0 Å². The van der Waals surface area contributed by atoms with Crippen LogP contribution in [-0.4, -0.2) is 24.2 Å². The lowest BCUT2D eigenvalue weighted by molar-refractivity contribution is -0.112. The molecule has 1 N–H and O–H groups in total. The molecular formula is C16H22ClN2OP. The summed E-state index contributed by atoms with van der Waals surface area (Å²) in [6, 6.07) is 10.2. The maximum atomic E-state index is 11.7. The van der Waals surface area contributed by atoms with E-state index in [9.17, 15) is 4.79 Å². The second-order valence-corrected chi connectivity index (χ2v) is 10.1. The summed E-state index contributed by atoms with van der Waals surface area (Å²) < 4.78 is 2.17. The highest BCUT2D eigenvalue weighted by Gasteiger charge is 2.42. The van der Waals surface area contributed by atoms with Gasteiger partial charge in [-0.1, -0.05) is 42.3 Å². The van der Waals surface area contributed by atoms with E-state index in [0.717, 1.165) is 50.5 Å². The Bertz CT molecular complexity index is 575. The maximum absolute atomic E-state index is 11.7. The molecule has 0 heterocycles. The van der Waals surface area contributed by atoms with Crippen molar-refractivity contribution in [1.29, 1.82) is 0 Å². The van der Waals surface area contributed by atoms with Crippen LogP contribution in [0.5, 0.6) is 0 Å². The Hall–Kier alpha value is -0.760. The van der Waals surface area contributed by atoms with E-state index in [4.69, 9.17) is 11.2 Å². The minimum atomic E-state index is -2.13. The fourth-order valence-electron chi connectivity index (χ4n) is 3.08. The molecule has 1 aromatic carbocycles. The summed E-state index contributed by atoms with van der Waals surface area (Å²) in [6.07, 6.45) is 7.27. The minimum Gasteiger partial charge on any atom is -0.332 e. The first-order valence-electron chi connectivity index (χ1n) is 7.59. The number of carbonyl (C=O) groups excluding carboxylic acids is 1. The van der Waals surface area contributed by atoms with Crippen LogP contribution in [0.4, 0.5) is 5.69 Å². The van der Waals surface area contributed by atoms with Crippen molar-refractivity contribution in [2.45, 2.75) is 44.1 Å². The summed E-state index contributed by atoms with van der Waals surface area (Å²) in [7, 11) is 2.04. The number of rotatable bonds is 5. The molecule has 0 radical (unpaired) electrons. The van der Waals surface area contributed by atoms with Gasteiger partial charge in [-0.15, -0.1) is 0 Å². The lowest BCUT2D eigenvalue weighted by Gasteiger charge is -2.38. The van der Waals surface area contributed by atoms with Crippen molar-refractivity contribution in [1.82, 2.24) is 5.09 Å². The summed E-state index contributed by atoms with van der Waals surface area (Å²) in [4.78, 5) is 11.7. The zero-order valence-corrected chi connectivity index (χ0v) is 14.0. The van der Waals surface area contributed by atoms with Gasteiger partial charge in [0.15, 0.2) is 0 Å². The molecular weight excluding hydrogens is 303 g/mol. The number of nitrogens with zero attached hydrogens (tertiary/aromatic N) is 1. The first-order chi connectivity index (χ1) is 10.1. The Morgan fingerprint density at radius 2 is 1.86 bits per heavy atom. The average molecular weight is 325 g/mol.